The Morgan fingerprint density at radius 2 is 1.96 bits per heavy atom. The molecule has 2 aromatic rings. The number of pyridine rings is 1. The van der Waals surface area contributed by atoms with Crippen molar-refractivity contribution in [3.05, 3.63) is 59.8 Å². The Balaban J connectivity index is 1.49. The molecule has 124 valence electrons. The molecule has 5 nitrogen and oxygen atoms in total. The first kappa shape index (κ1) is 15.1. The van der Waals surface area contributed by atoms with Gasteiger partial charge in [0.15, 0.2) is 0 Å². The first-order valence-corrected chi connectivity index (χ1v) is 8.61. The van der Waals surface area contributed by atoms with Crippen LogP contribution < -0.4 is 15.5 Å². The number of nitrogens with zero attached hydrogens (tertiary/aromatic N) is 2. The van der Waals surface area contributed by atoms with E-state index in [-0.39, 0.29) is 11.9 Å². The minimum absolute atomic E-state index is 0.0610. The highest BCUT2D eigenvalue weighted by Crippen LogP contribution is 2.22. The van der Waals surface area contributed by atoms with Gasteiger partial charge in [0.05, 0.1) is 0 Å². The van der Waals surface area contributed by atoms with E-state index in [0.29, 0.717) is 11.7 Å². The minimum Gasteiger partial charge on any atom is -0.353 e. The van der Waals surface area contributed by atoms with E-state index in [4.69, 9.17) is 0 Å². The molecule has 0 bridgehead atoms. The van der Waals surface area contributed by atoms with Crippen molar-refractivity contribution in [2.45, 2.75) is 24.9 Å². The highest BCUT2D eigenvalue weighted by molar-refractivity contribution is 5.93. The van der Waals surface area contributed by atoms with Crippen LogP contribution in [0.4, 0.5) is 5.82 Å². The van der Waals surface area contributed by atoms with Crippen LogP contribution in [0, 0.1) is 0 Å². The molecule has 1 aliphatic heterocycles. The van der Waals surface area contributed by atoms with Gasteiger partial charge in [-0.15, -0.1) is 0 Å². The summed E-state index contributed by atoms with van der Waals surface area (Å²) in [6.07, 6.45) is 2.17. The highest BCUT2D eigenvalue weighted by atomic mass is 16.2. The van der Waals surface area contributed by atoms with Gasteiger partial charge < -0.3 is 15.5 Å². The summed E-state index contributed by atoms with van der Waals surface area (Å²) < 4.78 is 0. The third kappa shape index (κ3) is 3.41. The fourth-order valence-electron chi connectivity index (χ4n) is 3.08. The summed E-state index contributed by atoms with van der Waals surface area (Å²) in [5.74, 6) is 0.815. The second-order valence-electron chi connectivity index (χ2n) is 6.49. The van der Waals surface area contributed by atoms with E-state index < -0.39 is 0 Å². The van der Waals surface area contributed by atoms with Gasteiger partial charge in [0.1, 0.15) is 11.5 Å². The molecule has 1 aliphatic carbocycles. The van der Waals surface area contributed by atoms with Gasteiger partial charge in [0, 0.05) is 31.7 Å². The molecule has 4 rings (SSSR count). The molecule has 0 radical (unpaired) electrons. The number of hydrogen-bond donors (Lipinski definition) is 2. The van der Waals surface area contributed by atoms with Crippen LogP contribution in [0.2, 0.25) is 0 Å². The molecule has 1 atom stereocenters. The van der Waals surface area contributed by atoms with Crippen molar-refractivity contribution >= 4 is 11.7 Å². The molecule has 0 unspecified atom stereocenters. The van der Waals surface area contributed by atoms with Crippen LogP contribution >= 0.6 is 0 Å². The fraction of sp³-hybridized carbons (Fsp3) is 0.368. The molecule has 1 saturated heterocycles. The summed E-state index contributed by atoms with van der Waals surface area (Å²) in [7, 11) is 0. The first-order valence-electron chi connectivity index (χ1n) is 8.61. The maximum Gasteiger partial charge on any atom is 0.270 e. The Hall–Kier alpha value is -2.40. The molecule has 0 spiro atoms. The number of benzene rings is 1. The second kappa shape index (κ2) is 6.61. The number of amides is 1. The van der Waals surface area contributed by atoms with Crippen LogP contribution in [0.15, 0.2) is 48.5 Å². The molecule has 2 N–H and O–H groups in total. The lowest BCUT2D eigenvalue weighted by atomic mass is 10.0. The molecule has 1 aromatic heterocycles. The van der Waals surface area contributed by atoms with Gasteiger partial charge in [0.2, 0.25) is 0 Å². The van der Waals surface area contributed by atoms with Gasteiger partial charge in [0.25, 0.3) is 5.91 Å². The third-order valence-corrected chi connectivity index (χ3v) is 4.58. The van der Waals surface area contributed by atoms with E-state index in [9.17, 15) is 4.79 Å². The zero-order valence-electron chi connectivity index (χ0n) is 13.6. The molecule has 1 amide bonds. The second-order valence-corrected chi connectivity index (χ2v) is 6.49. The largest absolute Gasteiger partial charge is 0.353 e. The maximum absolute atomic E-state index is 12.2. The summed E-state index contributed by atoms with van der Waals surface area (Å²) in [5.41, 5.74) is 1.79. The molecular formula is C19H22N4O. The van der Waals surface area contributed by atoms with Gasteiger partial charge in [-0.25, -0.2) is 4.98 Å². The molecule has 2 aliphatic rings. The Morgan fingerprint density at radius 3 is 2.75 bits per heavy atom. The van der Waals surface area contributed by atoms with Crippen molar-refractivity contribution in [1.82, 2.24) is 15.6 Å². The van der Waals surface area contributed by atoms with Crippen LogP contribution in [-0.2, 0) is 0 Å². The molecule has 24 heavy (non-hydrogen) atoms. The van der Waals surface area contributed by atoms with Gasteiger partial charge >= 0.3 is 0 Å². The number of nitrogens with one attached hydrogen (secondary N) is 2. The van der Waals surface area contributed by atoms with Crippen LogP contribution in [0.25, 0.3) is 0 Å². The van der Waals surface area contributed by atoms with Crippen molar-refractivity contribution in [2.24, 2.45) is 0 Å². The number of piperazine rings is 1. The Labute approximate surface area is 142 Å². The Morgan fingerprint density at radius 1 is 1.12 bits per heavy atom. The number of rotatable bonds is 4. The zero-order chi connectivity index (χ0) is 16.4. The summed E-state index contributed by atoms with van der Waals surface area (Å²) in [6, 6.07) is 16.8. The van der Waals surface area contributed by atoms with Gasteiger partial charge in [-0.3, -0.25) is 4.79 Å². The number of aromatic nitrogens is 1. The lowest BCUT2D eigenvalue weighted by Crippen LogP contribution is -2.46. The maximum atomic E-state index is 12.2. The van der Waals surface area contributed by atoms with Crippen LogP contribution in [-0.4, -0.2) is 36.6 Å². The molecule has 2 heterocycles. The topological polar surface area (TPSA) is 57.3 Å². The van der Waals surface area contributed by atoms with E-state index in [2.05, 4.69) is 44.8 Å². The average molecular weight is 322 g/mol. The van der Waals surface area contributed by atoms with Crippen molar-refractivity contribution in [3.8, 4) is 0 Å². The van der Waals surface area contributed by atoms with Crippen molar-refractivity contribution in [1.29, 1.82) is 0 Å². The standard InChI is InChI=1S/C19H22N4O/c24-19(21-15-9-10-15)16-7-4-8-18(22-16)23-12-11-20-17(13-23)14-5-2-1-3-6-14/h1-8,15,17,20H,9-13H2,(H,21,24)/t17-/m1/s1. The van der Waals surface area contributed by atoms with Crippen molar-refractivity contribution in [2.75, 3.05) is 24.5 Å². The van der Waals surface area contributed by atoms with Crippen molar-refractivity contribution in [3.63, 3.8) is 0 Å². The Kier molecular flexibility index (Phi) is 4.17. The predicted octanol–water partition coefficient (Wildman–Crippen LogP) is 2.12. The Bertz CT molecular complexity index is 714. The fourth-order valence-corrected chi connectivity index (χ4v) is 3.08. The van der Waals surface area contributed by atoms with Gasteiger partial charge in [-0.1, -0.05) is 36.4 Å². The number of hydrogen-bond acceptors (Lipinski definition) is 4. The summed E-state index contributed by atoms with van der Waals surface area (Å²) >= 11 is 0. The quantitative estimate of drug-likeness (QED) is 0.905. The predicted molar refractivity (Wildman–Crippen MR) is 94.1 cm³/mol. The smallest absolute Gasteiger partial charge is 0.270 e. The molecule has 2 fully saturated rings. The molecule has 1 saturated carbocycles. The normalized spacial score (nSPS) is 20.7. The zero-order valence-corrected chi connectivity index (χ0v) is 13.6. The average Bonchev–Trinajstić information content (AvgIpc) is 3.47. The van der Waals surface area contributed by atoms with E-state index >= 15 is 0 Å². The van der Waals surface area contributed by atoms with Crippen LogP contribution in [0.1, 0.15) is 34.9 Å². The van der Waals surface area contributed by atoms with E-state index in [1.807, 2.05) is 18.2 Å². The minimum atomic E-state index is -0.0610. The molecule has 5 heteroatoms. The van der Waals surface area contributed by atoms with E-state index in [1.54, 1.807) is 6.07 Å². The van der Waals surface area contributed by atoms with Crippen molar-refractivity contribution < 1.29 is 4.79 Å². The van der Waals surface area contributed by atoms with Gasteiger partial charge in [-0.2, -0.15) is 0 Å². The monoisotopic (exact) mass is 322 g/mol. The number of carbonyl (C=O) groups is 1. The lowest BCUT2D eigenvalue weighted by molar-refractivity contribution is 0.0946. The number of anilines is 1. The van der Waals surface area contributed by atoms with Gasteiger partial charge in [-0.05, 0) is 30.5 Å². The summed E-state index contributed by atoms with van der Waals surface area (Å²) in [5, 5.41) is 6.56. The lowest BCUT2D eigenvalue weighted by Gasteiger charge is -2.34. The number of carbonyl (C=O) groups excluding carboxylic acids is 1. The summed E-state index contributed by atoms with van der Waals surface area (Å²) in [4.78, 5) is 19.1. The highest BCUT2D eigenvalue weighted by Gasteiger charge is 2.25. The first-order chi connectivity index (χ1) is 11.8. The summed E-state index contributed by atoms with van der Waals surface area (Å²) in [6.45, 7) is 2.65. The molecular weight excluding hydrogens is 300 g/mol. The van der Waals surface area contributed by atoms with E-state index in [1.165, 1.54) is 5.56 Å². The third-order valence-electron chi connectivity index (χ3n) is 4.58. The molecule has 1 aromatic carbocycles. The van der Waals surface area contributed by atoms with Crippen LogP contribution in [0.3, 0.4) is 0 Å². The van der Waals surface area contributed by atoms with Crippen LogP contribution in [0.5, 0.6) is 0 Å². The SMILES string of the molecule is O=C(NC1CC1)c1cccc(N2CCN[C@@H](c3ccccc3)C2)n1. The van der Waals surface area contributed by atoms with E-state index in [0.717, 1.165) is 38.3 Å².